The number of carbonyl (C=O) groups excluding carboxylic acids is 1. The van der Waals surface area contributed by atoms with Gasteiger partial charge in [0.2, 0.25) is 11.7 Å². The van der Waals surface area contributed by atoms with E-state index in [9.17, 15) is 4.79 Å². The van der Waals surface area contributed by atoms with Crippen molar-refractivity contribution >= 4 is 17.5 Å². The summed E-state index contributed by atoms with van der Waals surface area (Å²) in [5.41, 5.74) is 0.809. The third-order valence-electron chi connectivity index (χ3n) is 5.13. The summed E-state index contributed by atoms with van der Waals surface area (Å²) in [6, 6.07) is 6.74. The standard InChI is InChI=1S/C18H22ClN5O3/c1-2-15(17(25)23-9-7-18(8-10-23)26-11-12-27-18)24-21-16(20-22-24)13-3-5-14(19)6-4-13/h3-6,15H,2,7-12H2,1H3/t15-/m0/s1. The maximum Gasteiger partial charge on any atom is 0.249 e. The van der Waals surface area contributed by atoms with Crippen LogP contribution in [0.15, 0.2) is 24.3 Å². The molecule has 3 heterocycles. The van der Waals surface area contributed by atoms with Crippen molar-refractivity contribution in [1.82, 2.24) is 25.1 Å². The number of hydrogen-bond donors (Lipinski definition) is 0. The Morgan fingerprint density at radius 1 is 1.22 bits per heavy atom. The number of amides is 1. The van der Waals surface area contributed by atoms with E-state index in [-0.39, 0.29) is 5.91 Å². The summed E-state index contributed by atoms with van der Waals surface area (Å²) < 4.78 is 11.5. The molecule has 2 aromatic rings. The van der Waals surface area contributed by atoms with Crippen molar-refractivity contribution in [3.63, 3.8) is 0 Å². The highest BCUT2D eigenvalue weighted by Gasteiger charge is 2.42. The van der Waals surface area contributed by atoms with Crippen molar-refractivity contribution in [1.29, 1.82) is 0 Å². The Morgan fingerprint density at radius 3 is 2.52 bits per heavy atom. The lowest BCUT2D eigenvalue weighted by Crippen LogP contribution is -2.49. The number of likely N-dealkylation sites (tertiary alicyclic amines) is 1. The molecule has 0 saturated carbocycles. The van der Waals surface area contributed by atoms with Gasteiger partial charge in [0, 0.05) is 36.5 Å². The van der Waals surface area contributed by atoms with Gasteiger partial charge in [-0.25, -0.2) is 0 Å². The van der Waals surface area contributed by atoms with Crippen LogP contribution in [0.25, 0.3) is 11.4 Å². The molecule has 144 valence electrons. The first-order valence-corrected chi connectivity index (χ1v) is 9.60. The van der Waals surface area contributed by atoms with Crippen molar-refractivity contribution in [3.8, 4) is 11.4 Å². The van der Waals surface area contributed by atoms with Crippen LogP contribution in [-0.4, -0.2) is 63.1 Å². The maximum absolute atomic E-state index is 13.0. The van der Waals surface area contributed by atoms with Gasteiger partial charge in [-0.2, -0.15) is 4.80 Å². The van der Waals surface area contributed by atoms with Crippen LogP contribution in [0.1, 0.15) is 32.2 Å². The number of ether oxygens (including phenoxy) is 2. The molecule has 2 saturated heterocycles. The van der Waals surface area contributed by atoms with Crippen LogP contribution in [-0.2, 0) is 14.3 Å². The number of piperidine rings is 1. The monoisotopic (exact) mass is 391 g/mol. The summed E-state index contributed by atoms with van der Waals surface area (Å²) in [5.74, 6) is -0.0140. The molecular weight excluding hydrogens is 370 g/mol. The average Bonchev–Trinajstić information content (AvgIpc) is 3.34. The van der Waals surface area contributed by atoms with E-state index < -0.39 is 11.8 Å². The van der Waals surface area contributed by atoms with E-state index in [2.05, 4.69) is 15.4 Å². The van der Waals surface area contributed by atoms with Crippen molar-refractivity contribution in [2.75, 3.05) is 26.3 Å². The Hall–Kier alpha value is -2.03. The van der Waals surface area contributed by atoms with E-state index in [1.807, 2.05) is 24.0 Å². The molecule has 1 aromatic carbocycles. The predicted octanol–water partition coefficient (Wildman–Crippen LogP) is 2.31. The fourth-order valence-corrected chi connectivity index (χ4v) is 3.70. The van der Waals surface area contributed by atoms with Crippen LogP contribution in [0.5, 0.6) is 0 Å². The molecule has 1 atom stereocenters. The summed E-state index contributed by atoms with van der Waals surface area (Å²) in [6.07, 6.45) is 1.97. The molecule has 2 aliphatic heterocycles. The Morgan fingerprint density at radius 2 is 1.89 bits per heavy atom. The number of carbonyl (C=O) groups is 1. The molecule has 27 heavy (non-hydrogen) atoms. The van der Waals surface area contributed by atoms with Gasteiger partial charge < -0.3 is 14.4 Å². The number of tetrazole rings is 1. The lowest BCUT2D eigenvalue weighted by Gasteiger charge is -2.38. The highest BCUT2D eigenvalue weighted by atomic mass is 35.5. The summed E-state index contributed by atoms with van der Waals surface area (Å²) in [7, 11) is 0. The fraction of sp³-hybridized carbons (Fsp3) is 0.556. The SMILES string of the molecule is CC[C@@H](C(=O)N1CCC2(CC1)OCCO2)n1nnc(-c2ccc(Cl)cc2)n1. The van der Waals surface area contributed by atoms with Gasteiger partial charge >= 0.3 is 0 Å². The van der Waals surface area contributed by atoms with E-state index in [1.54, 1.807) is 12.1 Å². The van der Waals surface area contributed by atoms with Crippen molar-refractivity contribution in [3.05, 3.63) is 29.3 Å². The van der Waals surface area contributed by atoms with Gasteiger partial charge in [0.15, 0.2) is 11.8 Å². The van der Waals surface area contributed by atoms with Gasteiger partial charge in [0.1, 0.15) is 0 Å². The minimum Gasteiger partial charge on any atom is -0.347 e. The maximum atomic E-state index is 13.0. The molecule has 8 nitrogen and oxygen atoms in total. The van der Waals surface area contributed by atoms with Crippen molar-refractivity contribution in [2.45, 2.75) is 38.0 Å². The molecule has 9 heteroatoms. The van der Waals surface area contributed by atoms with E-state index in [0.29, 0.717) is 56.4 Å². The van der Waals surface area contributed by atoms with E-state index in [4.69, 9.17) is 21.1 Å². The molecule has 0 unspecified atom stereocenters. The Bertz CT molecular complexity index is 794. The van der Waals surface area contributed by atoms with Gasteiger partial charge in [-0.05, 0) is 35.9 Å². The molecule has 0 bridgehead atoms. The molecule has 0 N–H and O–H groups in total. The molecule has 4 rings (SSSR count). The Labute approximate surface area is 162 Å². The van der Waals surface area contributed by atoms with E-state index in [1.165, 1.54) is 4.80 Å². The lowest BCUT2D eigenvalue weighted by molar-refractivity contribution is -0.188. The predicted molar refractivity (Wildman–Crippen MR) is 98.0 cm³/mol. The largest absolute Gasteiger partial charge is 0.347 e. The molecule has 2 aliphatic rings. The molecule has 2 fully saturated rings. The average molecular weight is 392 g/mol. The zero-order valence-corrected chi connectivity index (χ0v) is 15.9. The quantitative estimate of drug-likeness (QED) is 0.795. The van der Waals surface area contributed by atoms with Crippen LogP contribution in [0.3, 0.4) is 0 Å². The third-order valence-corrected chi connectivity index (χ3v) is 5.38. The number of rotatable bonds is 4. The fourth-order valence-electron chi connectivity index (χ4n) is 3.57. The number of aromatic nitrogens is 4. The highest BCUT2D eigenvalue weighted by Crippen LogP contribution is 2.32. The van der Waals surface area contributed by atoms with Crippen molar-refractivity contribution < 1.29 is 14.3 Å². The number of nitrogens with zero attached hydrogens (tertiary/aromatic N) is 5. The third kappa shape index (κ3) is 3.69. The first-order chi connectivity index (χ1) is 13.1. The summed E-state index contributed by atoms with van der Waals surface area (Å²) >= 11 is 5.92. The van der Waals surface area contributed by atoms with E-state index in [0.717, 1.165) is 5.56 Å². The van der Waals surface area contributed by atoms with Crippen molar-refractivity contribution in [2.24, 2.45) is 0 Å². The number of benzene rings is 1. The minimum atomic E-state index is -0.494. The van der Waals surface area contributed by atoms with Gasteiger partial charge in [0.25, 0.3) is 0 Å². The van der Waals surface area contributed by atoms with Crippen LogP contribution < -0.4 is 0 Å². The van der Waals surface area contributed by atoms with Crippen LogP contribution in [0.2, 0.25) is 5.02 Å². The highest BCUT2D eigenvalue weighted by molar-refractivity contribution is 6.30. The minimum absolute atomic E-state index is 0.00500. The first-order valence-electron chi connectivity index (χ1n) is 9.22. The van der Waals surface area contributed by atoms with E-state index >= 15 is 0 Å². The van der Waals surface area contributed by atoms with Gasteiger partial charge in [0.05, 0.1) is 13.2 Å². The zero-order valence-electron chi connectivity index (χ0n) is 15.2. The first kappa shape index (κ1) is 18.3. The summed E-state index contributed by atoms with van der Waals surface area (Å²) in [4.78, 5) is 16.3. The number of hydrogen-bond acceptors (Lipinski definition) is 6. The van der Waals surface area contributed by atoms with Crippen LogP contribution in [0.4, 0.5) is 0 Å². The Kier molecular flexibility index (Phi) is 5.12. The smallest absolute Gasteiger partial charge is 0.249 e. The molecule has 0 radical (unpaired) electrons. The molecule has 1 amide bonds. The van der Waals surface area contributed by atoms with Crippen LogP contribution >= 0.6 is 11.6 Å². The lowest BCUT2D eigenvalue weighted by atomic mass is 10.0. The second-order valence-corrected chi connectivity index (χ2v) is 7.23. The summed E-state index contributed by atoms with van der Waals surface area (Å²) in [5, 5.41) is 13.3. The molecule has 1 spiro atoms. The topological polar surface area (TPSA) is 82.4 Å². The van der Waals surface area contributed by atoms with Gasteiger partial charge in [-0.15, -0.1) is 10.2 Å². The second-order valence-electron chi connectivity index (χ2n) is 6.80. The van der Waals surface area contributed by atoms with Gasteiger partial charge in [-0.1, -0.05) is 18.5 Å². The Balaban J connectivity index is 1.45. The summed E-state index contributed by atoms with van der Waals surface area (Å²) in [6.45, 7) is 4.41. The molecular formula is C18H22ClN5O3. The van der Waals surface area contributed by atoms with Gasteiger partial charge in [-0.3, -0.25) is 4.79 Å². The normalized spacial score (nSPS) is 20.1. The van der Waals surface area contributed by atoms with Crippen LogP contribution in [0, 0.1) is 0 Å². The number of halogens is 1. The second kappa shape index (κ2) is 7.53. The molecule has 1 aromatic heterocycles. The molecule has 0 aliphatic carbocycles. The zero-order chi connectivity index (χ0) is 18.9.